The zero-order valence-electron chi connectivity index (χ0n) is 10.9. The summed E-state index contributed by atoms with van der Waals surface area (Å²) in [7, 11) is 0. The molecule has 0 fully saturated rings. The lowest BCUT2D eigenvalue weighted by molar-refractivity contribution is 0.104. The van der Waals surface area contributed by atoms with Crippen molar-refractivity contribution in [2.45, 2.75) is 19.3 Å². The Morgan fingerprint density at radius 3 is 2.95 bits per heavy atom. The smallest absolute Gasteiger partial charge is 0.205 e. The van der Waals surface area contributed by atoms with E-state index in [1.165, 1.54) is 16.9 Å². The van der Waals surface area contributed by atoms with Crippen molar-refractivity contribution < 1.29 is 4.79 Å². The molecule has 0 spiro atoms. The van der Waals surface area contributed by atoms with Gasteiger partial charge in [-0.05, 0) is 36.3 Å². The summed E-state index contributed by atoms with van der Waals surface area (Å²) < 4.78 is 0. The summed E-state index contributed by atoms with van der Waals surface area (Å²) in [4.78, 5) is 19.2. The number of thiophene rings is 1. The van der Waals surface area contributed by atoms with Gasteiger partial charge in [0.2, 0.25) is 5.78 Å². The molecule has 2 nitrogen and oxygen atoms in total. The average molecular weight is 279 g/mol. The molecule has 1 aliphatic rings. The number of hydrogen-bond acceptors (Lipinski definition) is 3. The van der Waals surface area contributed by atoms with Crippen LogP contribution in [0.15, 0.2) is 42.7 Å². The van der Waals surface area contributed by atoms with E-state index >= 15 is 0 Å². The van der Waals surface area contributed by atoms with Crippen molar-refractivity contribution in [3.8, 4) is 0 Å². The monoisotopic (exact) mass is 279 g/mol. The minimum Gasteiger partial charge on any atom is -0.288 e. The van der Waals surface area contributed by atoms with Crippen molar-refractivity contribution >= 4 is 27.9 Å². The van der Waals surface area contributed by atoms with Crippen LogP contribution in [0.3, 0.4) is 0 Å². The van der Waals surface area contributed by atoms with Crippen molar-refractivity contribution in [1.29, 1.82) is 0 Å². The molecule has 4 rings (SSSR count). The Hall–Kier alpha value is -2.00. The molecule has 0 radical (unpaired) electrons. The first-order valence-corrected chi connectivity index (χ1v) is 7.63. The summed E-state index contributed by atoms with van der Waals surface area (Å²) in [6, 6.07) is 10.0. The van der Waals surface area contributed by atoms with Gasteiger partial charge < -0.3 is 0 Å². The van der Waals surface area contributed by atoms with E-state index in [1.807, 2.05) is 24.3 Å². The number of hydrogen-bond donors (Lipinski definition) is 0. The van der Waals surface area contributed by atoms with E-state index < -0.39 is 0 Å². The molecule has 0 aliphatic heterocycles. The van der Waals surface area contributed by atoms with E-state index in [9.17, 15) is 4.79 Å². The number of benzene rings is 1. The number of ketones is 1. The quantitative estimate of drug-likeness (QED) is 0.663. The molecule has 0 atom stereocenters. The average Bonchev–Trinajstić information content (AvgIpc) is 3.07. The van der Waals surface area contributed by atoms with E-state index in [4.69, 9.17) is 0 Å². The van der Waals surface area contributed by atoms with Gasteiger partial charge in [0.15, 0.2) is 0 Å². The van der Waals surface area contributed by atoms with E-state index in [2.05, 4.69) is 11.1 Å². The van der Waals surface area contributed by atoms with Crippen LogP contribution >= 0.6 is 11.3 Å². The second-order valence-corrected chi connectivity index (χ2v) is 6.29. The molecule has 0 unspecified atom stereocenters. The highest BCUT2D eigenvalue weighted by molar-refractivity contribution is 7.14. The van der Waals surface area contributed by atoms with Crippen LogP contribution in [0, 0.1) is 0 Å². The first-order valence-electron chi connectivity index (χ1n) is 6.82. The Morgan fingerprint density at radius 1 is 1.15 bits per heavy atom. The SMILES string of the molecule is O=C(c1cc2c(s1)CCC2)c1cncc2ccccc12. The summed E-state index contributed by atoms with van der Waals surface area (Å²) in [6.07, 6.45) is 6.97. The Morgan fingerprint density at radius 2 is 2.05 bits per heavy atom. The van der Waals surface area contributed by atoms with E-state index in [0.29, 0.717) is 5.56 Å². The van der Waals surface area contributed by atoms with Gasteiger partial charge in [-0.15, -0.1) is 11.3 Å². The van der Waals surface area contributed by atoms with Crippen molar-refractivity contribution in [3.05, 3.63) is 63.6 Å². The second-order valence-electron chi connectivity index (χ2n) is 5.15. The summed E-state index contributed by atoms with van der Waals surface area (Å²) in [5, 5.41) is 2.00. The Bertz CT molecular complexity index is 792. The van der Waals surface area contributed by atoms with Gasteiger partial charge in [-0.1, -0.05) is 24.3 Å². The first kappa shape index (κ1) is 11.8. The van der Waals surface area contributed by atoms with Gasteiger partial charge in [0.25, 0.3) is 0 Å². The fourth-order valence-electron chi connectivity index (χ4n) is 2.87. The van der Waals surface area contributed by atoms with Crippen molar-refractivity contribution in [2.75, 3.05) is 0 Å². The molecule has 1 aromatic carbocycles. The maximum atomic E-state index is 12.7. The predicted octanol–water partition coefficient (Wildman–Crippen LogP) is 4.02. The summed E-state index contributed by atoms with van der Waals surface area (Å²) in [6.45, 7) is 0. The third kappa shape index (κ3) is 1.78. The summed E-state index contributed by atoms with van der Waals surface area (Å²) >= 11 is 1.66. The molecule has 1 aliphatic carbocycles. The number of aryl methyl sites for hydroxylation is 2. The zero-order chi connectivity index (χ0) is 13.5. The summed E-state index contributed by atoms with van der Waals surface area (Å²) in [5.74, 6) is 0.105. The molecule has 3 heteroatoms. The topological polar surface area (TPSA) is 30.0 Å². The highest BCUT2D eigenvalue weighted by Crippen LogP contribution is 2.32. The number of pyridine rings is 1. The normalized spacial score (nSPS) is 13.6. The molecule has 3 aromatic rings. The second kappa shape index (κ2) is 4.53. The number of carbonyl (C=O) groups excluding carboxylic acids is 1. The molecule has 20 heavy (non-hydrogen) atoms. The maximum Gasteiger partial charge on any atom is 0.205 e. The fourth-order valence-corrected chi connectivity index (χ4v) is 4.08. The lowest BCUT2D eigenvalue weighted by atomic mass is 10.0. The van der Waals surface area contributed by atoms with Crippen LogP contribution in [-0.4, -0.2) is 10.8 Å². The molecule has 0 bridgehead atoms. The van der Waals surface area contributed by atoms with Crippen LogP contribution < -0.4 is 0 Å². The minimum atomic E-state index is 0.105. The third-order valence-electron chi connectivity index (χ3n) is 3.88. The first-order chi connectivity index (χ1) is 9.83. The van der Waals surface area contributed by atoms with Gasteiger partial charge in [-0.2, -0.15) is 0 Å². The Labute approximate surface area is 121 Å². The molecular formula is C17H13NOS. The van der Waals surface area contributed by atoms with Crippen LogP contribution in [0.2, 0.25) is 0 Å². The van der Waals surface area contributed by atoms with E-state index in [-0.39, 0.29) is 5.78 Å². The minimum absolute atomic E-state index is 0.105. The highest BCUT2D eigenvalue weighted by atomic mass is 32.1. The maximum absolute atomic E-state index is 12.7. The number of aromatic nitrogens is 1. The summed E-state index contributed by atoms with van der Waals surface area (Å²) in [5.41, 5.74) is 2.08. The molecule has 0 N–H and O–H groups in total. The molecule has 2 heterocycles. The van der Waals surface area contributed by atoms with Gasteiger partial charge in [-0.3, -0.25) is 9.78 Å². The molecule has 0 saturated heterocycles. The molecule has 98 valence electrons. The third-order valence-corrected chi connectivity index (χ3v) is 5.12. The fraction of sp³-hybridized carbons (Fsp3) is 0.176. The number of fused-ring (bicyclic) bond motifs is 2. The Balaban J connectivity index is 1.84. The van der Waals surface area contributed by atoms with Gasteiger partial charge in [0, 0.05) is 28.2 Å². The molecule has 0 saturated carbocycles. The van der Waals surface area contributed by atoms with Crippen molar-refractivity contribution in [3.63, 3.8) is 0 Å². The standard InChI is InChI=1S/C17H13NOS/c19-17(16-8-11-5-3-7-15(11)20-16)14-10-18-9-12-4-1-2-6-13(12)14/h1-2,4,6,8-10H,3,5,7H2. The van der Waals surface area contributed by atoms with E-state index in [1.54, 1.807) is 23.7 Å². The predicted molar refractivity (Wildman–Crippen MR) is 81.5 cm³/mol. The molecule has 0 amide bonds. The van der Waals surface area contributed by atoms with Crippen LogP contribution in [0.4, 0.5) is 0 Å². The number of carbonyl (C=O) groups is 1. The lowest BCUT2D eigenvalue weighted by Crippen LogP contribution is -2.00. The lowest BCUT2D eigenvalue weighted by Gasteiger charge is -2.03. The number of rotatable bonds is 2. The van der Waals surface area contributed by atoms with Gasteiger partial charge in [0.05, 0.1) is 4.88 Å². The zero-order valence-corrected chi connectivity index (χ0v) is 11.7. The van der Waals surface area contributed by atoms with Gasteiger partial charge in [0.1, 0.15) is 0 Å². The van der Waals surface area contributed by atoms with Crippen LogP contribution in [0.25, 0.3) is 10.8 Å². The van der Waals surface area contributed by atoms with E-state index in [0.717, 1.165) is 28.5 Å². The van der Waals surface area contributed by atoms with Crippen LogP contribution in [0.1, 0.15) is 32.1 Å². The van der Waals surface area contributed by atoms with Crippen molar-refractivity contribution in [2.24, 2.45) is 0 Å². The molecular weight excluding hydrogens is 266 g/mol. The largest absolute Gasteiger partial charge is 0.288 e. The Kier molecular flexibility index (Phi) is 2.67. The number of nitrogens with zero attached hydrogens (tertiary/aromatic N) is 1. The van der Waals surface area contributed by atoms with Crippen LogP contribution in [-0.2, 0) is 12.8 Å². The molecule has 2 aromatic heterocycles. The van der Waals surface area contributed by atoms with Crippen molar-refractivity contribution in [1.82, 2.24) is 4.98 Å². The van der Waals surface area contributed by atoms with Crippen LogP contribution in [0.5, 0.6) is 0 Å². The van der Waals surface area contributed by atoms with Gasteiger partial charge in [-0.25, -0.2) is 0 Å². The highest BCUT2D eigenvalue weighted by Gasteiger charge is 2.20. The van der Waals surface area contributed by atoms with Gasteiger partial charge >= 0.3 is 0 Å².